The normalized spacial score (nSPS) is 22.2. The molecule has 9 heteroatoms. The molecule has 0 saturated carbocycles. The largest absolute Gasteiger partial charge is 0.394 e. The van der Waals surface area contributed by atoms with Crippen LogP contribution in [0.1, 0.15) is 181 Å². The molecule has 0 spiro atoms. The van der Waals surface area contributed by atoms with Crippen molar-refractivity contribution < 1.29 is 39.8 Å². The van der Waals surface area contributed by atoms with Gasteiger partial charge in [0.25, 0.3) is 0 Å². The summed E-state index contributed by atoms with van der Waals surface area (Å²) < 4.78 is 11.1. The maximum atomic E-state index is 12.8. The lowest BCUT2D eigenvalue weighted by Crippen LogP contribution is -2.60. The summed E-state index contributed by atoms with van der Waals surface area (Å²) in [5.74, 6) is -0.214. The molecule has 1 amide bonds. The van der Waals surface area contributed by atoms with Crippen molar-refractivity contribution in [2.24, 2.45) is 0 Å². The molecule has 1 saturated heterocycles. The fourth-order valence-electron chi connectivity index (χ4n) is 6.57. The molecule has 6 N–H and O–H groups in total. The number of hydrogen-bond acceptors (Lipinski definition) is 8. The van der Waals surface area contributed by atoms with E-state index in [0.29, 0.717) is 12.8 Å². The lowest BCUT2D eigenvalue weighted by molar-refractivity contribution is -0.302. The van der Waals surface area contributed by atoms with Gasteiger partial charge in [0, 0.05) is 6.42 Å². The average Bonchev–Trinajstić information content (AvgIpc) is 3.13. The Morgan fingerprint density at radius 3 is 1.61 bits per heavy atom. The molecule has 1 aliphatic heterocycles. The second kappa shape index (κ2) is 33.3. The van der Waals surface area contributed by atoms with E-state index in [4.69, 9.17) is 9.47 Å². The molecule has 9 nitrogen and oxygen atoms in total. The van der Waals surface area contributed by atoms with Crippen molar-refractivity contribution in [1.82, 2.24) is 5.32 Å². The highest BCUT2D eigenvalue weighted by Crippen LogP contribution is 2.22. The van der Waals surface area contributed by atoms with Crippen molar-refractivity contribution in [3.8, 4) is 0 Å². The molecule has 0 aromatic heterocycles. The van der Waals surface area contributed by atoms with Crippen molar-refractivity contribution in [1.29, 1.82) is 0 Å². The van der Waals surface area contributed by atoms with Crippen LogP contribution in [0.5, 0.6) is 0 Å². The van der Waals surface area contributed by atoms with Gasteiger partial charge in [0.15, 0.2) is 6.29 Å². The van der Waals surface area contributed by atoms with Crippen LogP contribution in [0.15, 0.2) is 24.3 Å². The van der Waals surface area contributed by atoms with Gasteiger partial charge in [-0.25, -0.2) is 0 Å². The number of carbonyl (C=O) groups excluding carboxylic acids is 1. The fourth-order valence-corrected chi connectivity index (χ4v) is 6.57. The van der Waals surface area contributed by atoms with Gasteiger partial charge in [0.05, 0.1) is 25.4 Å². The van der Waals surface area contributed by atoms with E-state index in [9.17, 15) is 30.3 Å². The number of unbranched alkanes of at least 4 members (excludes halogenated alkanes) is 22. The zero-order chi connectivity index (χ0) is 37.4. The van der Waals surface area contributed by atoms with Crippen LogP contribution < -0.4 is 5.32 Å². The zero-order valence-electron chi connectivity index (χ0n) is 32.6. The Kier molecular flexibility index (Phi) is 31.1. The summed E-state index contributed by atoms with van der Waals surface area (Å²) in [7, 11) is 0. The Morgan fingerprint density at radius 1 is 0.647 bits per heavy atom. The fraction of sp³-hybridized carbons (Fsp3) is 0.881. The minimum Gasteiger partial charge on any atom is -0.394 e. The first-order valence-electron chi connectivity index (χ1n) is 21.1. The molecule has 300 valence electrons. The number of ether oxygens (including phenoxy) is 2. The maximum absolute atomic E-state index is 12.8. The molecule has 0 aromatic carbocycles. The number of aliphatic hydroxyl groups is 5. The standard InChI is InChI=1S/C42H79NO8/c1-3-5-7-9-11-13-14-15-16-17-18-19-20-21-22-24-25-27-29-31-36(45)35(34-50-42-41(49)40(48)39(47)37(33-44)51-42)43-38(46)32-30-28-26-23-12-10-8-6-4-2/h23,26,29,31,35-37,39-42,44-45,47-49H,3-22,24-25,27-28,30,32-34H2,1-2H3,(H,43,46)/b26-23-,31-29+. The van der Waals surface area contributed by atoms with Crippen LogP contribution in [-0.4, -0.2) is 87.5 Å². The van der Waals surface area contributed by atoms with E-state index < -0.39 is 49.5 Å². The Labute approximate surface area is 311 Å². The Hall–Kier alpha value is -1.33. The third-order valence-electron chi connectivity index (χ3n) is 10.0. The first kappa shape index (κ1) is 47.7. The summed E-state index contributed by atoms with van der Waals surface area (Å²) >= 11 is 0. The third kappa shape index (κ3) is 24.6. The van der Waals surface area contributed by atoms with Crippen LogP contribution >= 0.6 is 0 Å². The van der Waals surface area contributed by atoms with Gasteiger partial charge in [-0.15, -0.1) is 0 Å². The SMILES string of the molecule is CCCCCC/C=C\CCCC(=O)NC(COC1OC(CO)C(O)C(O)C1O)C(O)/C=C/CCCCCCCCCCCCCCCCCCC. The van der Waals surface area contributed by atoms with Gasteiger partial charge >= 0.3 is 0 Å². The van der Waals surface area contributed by atoms with Crippen LogP contribution in [0.2, 0.25) is 0 Å². The molecular formula is C42H79NO8. The molecule has 0 radical (unpaired) electrons. The van der Waals surface area contributed by atoms with E-state index in [-0.39, 0.29) is 12.5 Å². The highest BCUT2D eigenvalue weighted by atomic mass is 16.7. The number of allylic oxidation sites excluding steroid dienone is 3. The monoisotopic (exact) mass is 726 g/mol. The summed E-state index contributed by atoms with van der Waals surface area (Å²) in [6, 6.07) is -0.814. The van der Waals surface area contributed by atoms with E-state index in [1.54, 1.807) is 6.08 Å². The van der Waals surface area contributed by atoms with Crippen LogP contribution in [0.3, 0.4) is 0 Å². The van der Waals surface area contributed by atoms with Gasteiger partial charge in [0.2, 0.25) is 5.91 Å². The minimum atomic E-state index is -1.57. The molecule has 1 aliphatic rings. The van der Waals surface area contributed by atoms with Gasteiger partial charge in [-0.2, -0.15) is 0 Å². The molecule has 7 atom stereocenters. The molecule has 7 unspecified atom stereocenters. The summed E-state index contributed by atoms with van der Waals surface area (Å²) in [4.78, 5) is 12.8. The predicted octanol–water partition coefficient (Wildman–Crippen LogP) is 7.94. The van der Waals surface area contributed by atoms with Crippen molar-refractivity contribution in [3.63, 3.8) is 0 Å². The maximum Gasteiger partial charge on any atom is 0.220 e. The summed E-state index contributed by atoms with van der Waals surface area (Å²) in [5, 5.41) is 53.9. The minimum absolute atomic E-state index is 0.198. The average molecular weight is 726 g/mol. The van der Waals surface area contributed by atoms with Gasteiger partial charge in [-0.3, -0.25) is 4.79 Å². The quantitative estimate of drug-likeness (QED) is 0.0289. The van der Waals surface area contributed by atoms with Gasteiger partial charge in [-0.1, -0.05) is 160 Å². The number of hydrogen-bond donors (Lipinski definition) is 6. The number of rotatable bonds is 34. The smallest absolute Gasteiger partial charge is 0.220 e. The zero-order valence-corrected chi connectivity index (χ0v) is 32.6. The molecule has 1 rings (SSSR count). The van der Waals surface area contributed by atoms with E-state index in [0.717, 1.165) is 32.1 Å². The number of carbonyl (C=O) groups is 1. The van der Waals surface area contributed by atoms with Crippen LogP contribution in [-0.2, 0) is 14.3 Å². The van der Waals surface area contributed by atoms with Gasteiger partial charge in [-0.05, 0) is 38.5 Å². The van der Waals surface area contributed by atoms with E-state index in [2.05, 4.69) is 31.3 Å². The number of nitrogens with one attached hydrogen (secondary N) is 1. The first-order chi connectivity index (χ1) is 24.8. The predicted molar refractivity (Wildman–Crippen MR) is 207 cm³/mol. The molecule has 1 fully saturated rings. The molecule has 1 heterocycles. The van der Waals surface area contributed by atoms with Gasteiger partial charge < -0.3 is 40.3 Å². The summed E-state index contributed by atoms with van der Waals surface area (Å²) in [6.07, 6.45) is 31.0. The molecule has 0 aromatic rings. The van der Waals surface area contributed by atoms with E-state index in [1.807, 2.05) is 6.08 Å². The highest BCUT2D eigenvalue weighted by molar-refractivity contribution is 5.76. The van der Waals surface area contributed by atoms with Gasteiger partial charge in [0.1, 0.15) is 24.4 Å². The van der Waals surface area contributed by atoms with Crippen molar-refractivity contribution in [3.05, 3.63) is 24.3 Å². The number of aliphatic hydroxyl groups excluding tert-OH is 5. The summed E-state index contributed by atoms with van der Waals surface area (Å²) in [6.45, 7) is 3.71. The number of amides is 1. The molecule has 0 bridgehead atoms. The molecular weight excluding hydrogens is 646 g/mol. The lowest BCUT2D eigenvalue weighted by Gasteiger charge is -2.40. The molecule has 0 aliphatic carbocycles. The second-order valence-electron chi connectivity index (χ2n) is 14.8. The van der Waals surface area contributed by atoms with Crippen molar-refractivity contribution >= 4 is 5.91 Å². The Balaban J connectivity index is 2.37. The van der Waals surface area contributed by atoms with Crippen molar-refractivity contribution in [2.75, 3.05) is 13.2 Å². The van der Waals surface area contributed by atoms with Crippen LogP contribution in [0, 0.1) is 0 Å². The Bertz CT molecular complexity index is 853. The van der Waals surface area contributed by atoms with Crippen molar-refractivity contribution in [2.45, 2.75) is 224 Å². The highest BCUT2D eigenvalue weighted by Gasteiger charge is 2.44. The first-order valence-corrected chi connectivity index (χ1v) is 21.1. The van der Waals surface area contributed by atoms with Crippen LogP contribution in [0.4, 0.5) is 0 Å². The van der Waals surface area contributed by atoms with E-state index >= 15 is 0 Å². The lowest BCUT2D eigenvalue weighted by atomic mass is 9.99. The summed E-state index contributed by atoms with van der Waals surface area (Å²) in [5.41, 5.74) is 0. The second-order valence-corrected chi connectivity index (χ2v) is 14.8. The topological polar surface area (TPSA) is 149 Å². The third-order valence-corrected chi connectivity index (χ3v) is 10.0. The van der Waals surface area contributed by atoms with Crippen LogP contribution in [0.25, 0.3) is 0 Å². The Morgan fingerprint density at radius 2 is 1.10 bits per heavy atom. The van der Waals surface area contributed by atoms with E-state index in [1.165, 1.54) is 122 Å². The molecule has 51 heavy (non-hydrogen) atoms.